The number of hydrogen-bond donors (Lipinski definition) is 1. The van der Waals surface area contributed by atoms with E-state index < -0.39 is 18.5 Å². The van der Waals surface area contributed by atoms with Crippen LogP contribution in [0.5, 0.6) is 0 Å². The van der Waals surface area contributed by atoms with E-state index in [0.29, 0.717) is 17.1 Å². The van der Waals surface area contributed by atoms with Gasteiger partial charge in [-0.25, -0.2) is 4.79 Å². The molecule has 0 unspecified atom stereocenters. The van der Waals surface area contributed by atoms with Crippen LogP contribution in [0.3, 0.4) is 0 Å². The van der Waals surface area contributed by atoms with Crippen LogP contribution in [0.1, 0.15) is 5.76 Å². The lowest BCUT2D eigenvalue weighted by Gasteiger charge is -2.08. The minimum absolute atomic E-state index is 0.0277. The molecule has 1 aromatic carbocycles. The van der Waals surface area contributed by atoms with Gasteiger partial charge in [-0.3, -0.25) is 4.79 Å². The third-order valence-corrected chi connectivity index (χ3v) is 3.11. The number of carbonyl (C=O) groups is 2. The van der Waals surface area contributed by atoms with Crippen molar-refractivity contribution in [2.24, 2.45) is 5.73 Å². The van der Waals surface area contributed by atoms with Gasteiger partial charge < -0.3 is 14.9 Å². The molecule has 3 rings (SSSR count). The lowest BCUT2D eigenvalue weighted by molar-refractivity contribution is -0.142. The van der Waals surface area contributed by atoms with Gasteiger partial charge in [-0.15, -0.1) is 5.10 Å². The third kappa shape index (κ3) is 3.78. The fraction of sp³-hybridized carbons (Fsp3) is 0.0625. The Hall–Kier alpha value is -3.75. The standard InChI is InChI=1S/C16H13N5O4/c17-14(22)10-25-16(23)13(9-12-7-4-8-24-12)21-15(18-19-20-21)11-5-2-1-3-6-11/h1-9H,10H2,(H2,17,22). The molecule has 0 saturated heterocycles. The first-order valence-electron chi connectivity index (χ1n) is 7.20. The molecule has 0 atom stereocenters. The Bertz CT molecular complexity index is 900. The third-order valence-electron chi connectivity index (χ3n) is 3.11. The van der Waals surface area contributed by atoms with Gasteiger partial charge >= 0.3 is 5.97 Å². The summed E-state index contributed by atoms with van der Waals surface area (Å²) >= 11 is 0. The van der Waals surface area contributed by atoms with Crippen molar-refractivity contribution in [2.75, 3.05) is 6.61 Å². The summed E-state index contributed by atoms with van der Waals surface area (Å²) in [7, 11) is 0. The number of amides is 1. The van der Waals surface area contributed by atoms with E-state index in [-0.39, 0.29) is 5.70 Å². The molecule has 2 N–H and O–H groups in total. The van der Waals surface area contributed by atoms with Gasteiger partial charge in [0.2, 0.25) is 0 Å². The number of esters is 1. The predicted molar refractivity (Wildman–Crippen MR) is 86.3 cm³/mol. The molecule has 9 nitrogen and oxygen atoms in total. The molecular weight excluding hydrogens is 326 g/mol. The first-order valence-corrected chi connectivity index (χ1v) is 7.20. The monoisotopic (exact) mass is 339 g/mol. The van der Waals surface area contributed by atoms with E-state index in [0.717, 1.165) is 0 Å². The number of nitrogens with two attached hydrogens (primary N) is 1. The maximum Gasteiger partial charge on any atom is 0.357 e. The number of tetrazole rings is 1. The smallest absolute Gasteiger partial charge is 0.357 e. The number of rotatable bonds is 6. The van der Waals surface area contributed by atoms with Gasteiger partial charge in [0.1, 0.15) is 5.76 Å². The van der Waals surface area contributed by atoms with Crippen LogP contribution in [0.25, 0.3) is 23.2 Å². The minimum Gasteiger partial charge on any atom is -0.465 e. The summed E-state index contributed by atoms with van der Waals surface area (Å²) in [4.78, 5) is 23.3. The molecule has 0 aliphatic rings. The van der Waals surface area contributed by atoms with Crippen LogP contribution in [-0.4, -0.2) is 38.7 Å². The van der Waals surface area contributed by atoms with Crippen LogP contribution >= 0.6 is 0 Å². The molecule has 0 saturated carbocycles. The maximum absolute atomic E-state index is 12.4. The van der Waals surface area contributed by atoms with Crippen LogP contribution in [0, 0.1) is 0 Å². The highest BCUT2D eigenvalue weighted by Crippen LogP contribution is 2.21. The summed E-state index contributed by atoms with van der Waals surface area (Å²) in [6.45, 7) is -0.558. The molecule has 1 amide bonds. The molecular formula is C16H13N5O4. The number of aromatic nitrogens is 4. The summed E-state index contributed by atoms with van der Waals surface area (Å²) in [5.74, 6) is -0.875. The van der Waals surface area contributed by atoms with E-state index >= 15 is 0 Å². The van der Waals surface area contributed by atoms with Gasteiger partial charge in [0.15, 0.2) is 18.1 Å². The Morgan fingerprint density at radius 1 is 1.20 bits per heavy atom. The maximum atomic E-state index is 12.4. The van der Waals surface area contributed by atoms with Gasteiger partial charge in [-0.2, -0.15) is 4.68 Å². The number of carbonyl (C=O) groups excluding carboxylic acids is 2. The molecule has 25 heavy (non-hydrogen) atoms. The normalized spacial score (nSPS) is 11.3. The molecule has 126 valence electrons. The zero-order valence-electron chi connectivity index (χ0n) is 12.9. The molecule has 0 bridgehead atoms. The van der Waals surface area contributed by atoms with E-state index in [1.165, 1.54) is 17.0 Å². The second-order valence-electron chi connectivity index (χ2n) is 4.87. The quantitative estimate of drug-likeness (QED) is 0.523. The summed E-state index contributed by atoms with van der Waals surface area (Å²) < 4.78 is 11.3. The van der Waals surface area contributed by atoms with Crippen molar-refractivity contribution in [3.05, 3.63) is 54.5 Å². The number of ether oxygens (including phenoxy) is 1. The summed E-state index contributed by atoms with van der Waals surface area (Å²) in [6.07, 6.45) is 2.86. The van der Waals surface area contributed by atoms with E-state index in [4.69, 9.17) is 14.9 Å². The number of nitrogens with zero attached hydrogens (tertiary/aromatic N) is 4. The molecule has 0 radical (unpaired) electrons. The fourth-order valence-corrected chi connectivity index (χ4v) is 2.04. The summed E-state index contributed by atoms with van der Waals surface area (Å²) in [5.41, 5.74) is 5.68. The van der Waals surface area contributed by atoms with Crippen LogP contribution in [0.2, 0.25) is 0 Å². The molecule has 2 aromatic heterocycles. The molecule has 2 heterocycles. The van der Waals surface area contributed by atoms with Crippen LogP contribution < -0.4 is 5.73 Å². The number of furan rings is 1. The zero-order valence-corrected chi connectivity index (χ0v) is 12.9. The van der Waals surface area contributed by atoms with E-state index in [1.807, 2.05) is 18.2 Å². The van der Waals surface area contributed by atoms with E-state index in [1.54, 1.807) is 24.3 Å². The van der Waals surface area contributed by atoms with Crippen molar-refractivity contribution in [3.63, 3.8) is 0 Å². The molecule has 0 aliphatic carbocycles. The van der Waals surface area contributed by atoms with Crippen molar-refractivity contribution in [3.8, 4) is 11.4 Å². The van der Waals surface area contributed by atoms with Crippen molar-refractivity contribution in [1.29, 1.82) is 0 Å². The largest absolute Gasteiger partial charge is 0.465 e. The average Bonchev–Trinajstić information content (AvgIpc) is 3.29. The Morgan fingerprint density at radius 3 is 2.68 bits per heavy atom. The summed E-state index contributed by atoms with van der Waals surface area (Å²) in [5, 5.41) is 11.4. The highest BCUT2D eigenvalue weighted by Gasteiger charge is 2.21. The van der Waals surface area contributed by atoms with Gasteiger partial charge in [-0.05, 0) is 22.6 Å². The first-order chi connectivity index (χ1) is 12.1. The first kappa shape index (κ1) is 16.1. The van der Waals surface area contributed by atoms with E-state index in [9.17, 15) is 9.59 Å². The predicted octanol–water partition coefficient (Wildman–Crippen LogP) is 0.960. The highest BCUT2D eigenvalue weighted by molar-refractivity contribution is 6.15. The molecule has 0 fully saturated rings. The van der Waals surface area contributed by atoms with E-state index in [2.05, 4.69) is 15.5 Å². The van der Waals surface area contributed by atoms with Gasteiger partial charge in [-0.1, -0.05) is 30.3 Å². The number of hydrogen-bond acceptors (Lipinski definition) is 7. The van der Waals surface area contributed by atoms with Gasteiger partial charge in [0.25, 0.3) is 5.91 Å². The van der Waals surface area contributed by atoms with Crippen molar-refractivity contribution < 1.29 is 18.7 Å². The lowest BCUT2D eigenvalue weighted by atomic mass is 10.2. The van der Waals surface area contributed by atoms with Gasteiger partial charge in [0, 0.05) is 11.6 Å². The van der Waals surface area contributed by atoms with Gasteiger partial charge in [0.05, 0.1) is 6.26 Å². The molecule has 3 aromatic rings. The van der Waals surface area contributed by atoms with Crippen LogP contribution in [0.4, 0.5) is 0 Å². The molecule has 0 spiro atoms. The fourth-order valence-electron chi connectivity index (χ4n) is 2.04. The Morgan fingerprint density at radius 2 is 2.00 bits per heavy atom. The Kier molecular flexibility index (Phi) is 4.65. The second-order valence-corrected chi connectivity index (χ2v) is 4.87. The van der Waals surface area contributed by atoms with Crippen molar-refractivity contribution in [2.45, 2.75) is 0 Å². The Labute approximate surface area is 141 Å². The van der Waals surface area contributed by atoms with Crippen molar-refractivity contribution >= 4 is 23.6 Å². The average molecular weight is 339 g/mol. The highest BCUT2D eigenvalue weighted by atomic mass is 16.5. The van der Waals surface area contributed by atoms with Crippen LogP contribution in [-0.2, 0) is 14.3 Å². The molecule has 0 aliphatic heterocycles. The SMILES string of the molecule is NC(=O)COC(=O)C(=Cc1ccco1)n1nnnc1-c1ccccc1. The molecule has 9 heteroatoms. The minimum atomic E-state index is -0.820. The van der Waals surface area contributed by atoms with Crippen LogP contribution in [0.15, 0.2) is 53.1 Å². The number of benzene rings is 1. The topological polar surface area (TPSA) is 126 Å². The Balaban J connectivity index is 2.03. The number of primary amides is 1. The lowest BCUT2D eigenvalue weighted by Crippen LogP contribution is -2.23. The summed E-state index contributed by atoms with van der Waals surface area (Å²) in [6, 6.07) is 12.4. The zero-order chi connectivity index (χ0) is 17.6. The second kappa shape index (κ2) is 7.21. The van der Waals surface area contributed by atoms with Crippen molar-refractivity contribution in [1.82, 2.24) is 20.2 Å².